The van der Waals surface area contributed by atoms with Crippen LogP contribution in [-0.2, 0) is 27.7 Å². The Bertz CT molecular complexity index is 1210. The number of aryl methyl sites for hydroxylation is 5. The van der Waals surface area contributed by atoms with Gasteiger partial charge in [-0.05, 0) is 69.4 Å². The largest absolute Gasteiger partial charge is 0.461 e. The molecule has 0 radical (unpaired) electrons. The number of fused-ring (bicyclic) bond motifs is 3. The van der Waals surface area contributed by atoms with Crippen LogP contribution in [0.15, 0.2) is 39.6 Å². The van der Waals surface area contributed by atoms with Gasteiger partial charge < -0.3 is 4.42 Å². The van der Waals surface area contributed by atoms with Crippen molar-refractivity contribution in [3.05, 3.63) is 58.3 Å². The summed E-state index contributed by atoms with van der Waals surface area (Å²) in [6.07, 6.45) is 3.99. The zero-order valence-corrected chi connectivity index (χ0v) is 18.0. The molecule has 6 heteroatoms. The minimum atomic E-state index is -4.05. The predicted molar refractivity (Wildman–Crippen MR) is 114 cm³/mol. The van der Waals surface area contributed by atoms with Crippen molar-refractivity contribution in [1.29, 1.82) is 0 Å². The summed E-state index contributed by atoms with van der Waals surface area (Å²) >= 11 is 0. The van der Waals surface area contributed by atoms with Crippen LogP contribution in [0.5, 0.6) is 0 Å². The van der Waals surface area contributed by atoms with Gasteiger partial charge in [-0.15, -0.1) is 0 Å². The highest BCUT2D eigenvalue weighted by Gasteiger charge is 2.32. The Kier molecular flexibility index (Phi) is 4.77. The smallest absolute Gasteiger partial charge is 0.271 e. The van der Waals surface area contributed by atoms with E-state index in [0.717, 1.165) is 57.8 Å². The molecule has 1 aliphatic carbocycles. The van der Waals surface area contributed by atoms with E-state index in [1.165, 1.54) is 6.92 Å². The Morgan fingerprint density at radius 2 is 1.66 bits per heavy atom. The fourth-order valence-corrected chi connectivity index (χ4v) is 6.38. The number of sulfonamides is 1. The highest BCUT2D eigenvalue weighted by atomic mass is 32.2. The van der Waals surface area contributed by atoms with Gasteiger partial charge in [-0.1, -0.05) is 17.7 Å². The summed E-state index contributed by atoms with van der Waals surface area (Å²) in [5.74, 6) is 0.437. The highest BCUT2D eigenvalue weighted by molar-refractivity contribution is 7.93. The van der Waals surface area contributed by atoms with Gasteiger partial charge in [0.05, 0.1) is 10.6 Å². The number of furan rings is 1. The van der Waals surface area contributed by atoms with Crippen molar-refractivity contribution in [1.82, 2.24) is 0 Å². The summed E-state index contributed by atoms with van der Waals surface area (Å²) in [7, 11) is -4.05. The quantitative estimate of drug-likeness (QED) is 0.610. The second-order valence-electron chi connectivity index (χ2n) is 7.91. The molecule has 152 valence electrons. The van der Waals surface area contributed by atoms with Crippen molar-refractivity contribution < 1.29 is 17.6 Å². The van der Waals surface area contributed by atoms with Crippen LogP contribution in [0.25, 0.3) is 11.0 Å². The molecule has 0 bridgehead atoms. The molecule has 4 rings (SSSR count). The summed E-state index contributed by atoms with van der Waals surface area (Å²) in [6.45, 7) is 6.74. The first-order chi connectivity index (χ1) is 13.7. The van der Waals surface area contributed by atoms with Gasteiger partial charge in [-0.2, -0.15) is 0 Å². The number of hydrogen-bond donors (Lipinski definition) is 0. The summed E-state index contributed by atoms with van der Waals surface area (Å²) in [5, 5.41) is 0.899. The first-order valence-electron chi connectivity index (χ1n) is 9.88. The molecular formula is C23H25NO4S. The highest BCUT2D eigenvalue weighted by Crippen LogP contribution is 2.36. The van der Waals surface area contributed by atoms with Crippen LogP contribution in [0, 0.1) is 20.8 Å². The molecule has 2 aromatic carbocycles. The number of nitrogens with zero attached hydrogens (tertiary/aromatic N) is 1. The topological polar surface area (TPSA) is 67.6 Å². The molecule has 0 atom stereocenters. The monoisotopic (exact) mass is 411 g/mol. The van der Waals surface area contributed by atoms with Crippen molar-refractivity contribution in [3.63, 3.8) is 0 Å². The number of hydrogen-bond acceptors (Lipinski definition) is 4. The summed E-state index contributed by atoms with van der Waals surface area (Å²) in [5.41, 5.74) is 4.48. The molecule has 1 heterocycles. The van der Waals surface area contributed by atoms with Gasteiger partial charge in [0.25, 0.3) is 10.0 Å². The molecule has 0 aliphatic heterocycles. The first kappa shape index (κ1) is 19.7. The van der Waals surface area contributed by atoms with E-state index < -0.39 is 15.9 Å². The minimum absolute atomic E-state index is 0.188. The third kappa shape index (κ3) is 3.25. The summed E-state index contributed by atoms with van der Waals surface area (Å²) < 4.78 is 34.0. The number of anilines is 1. The van der Waals surface area contributed by atoms with Gasteiger partial charge in [-0.25, -0.2) is 12.7 Å². The number of rotatable bonds is 3. The third-order valence-corrected chi connectivity index (χ3v) is 7.67. The maximum Gasteiger partial charge on any atom is 0.271 e. The zero-order valence-electron chi connectivity index (χ0n) is 17.2. The molecule has 0 saturated heterocycles. The lowest BCUT2D eigenvalue weighted by atomic mass is 9.96. The number of benzene rings is 2. The normalized spacial score (nSPS) is 14.1. The molecule has 0 fully saturated rings. The second-order valence-corrected chi connectivity index (χ2v) is 9.63. The summed E-state index contributed by atoms with van der Waals surface area (Å²) in [4.78, 5) is 12.7. The van der Waals surface area contributed by atoms with Crippen molar-refractivity contribution in [2.75, 3.05) is 4.31 Å². The maximum absolute atomic E-state index is 13.6. The Balaban J connectivity index is 1.90. The number of carbonyl (C=O) groups excluding carboxylic acids is 1. The van der Waals surface area contributed by atoms with Crippen molar-refractivity contribution in [2.24, 2.45) is 0 Å². The molecular weight excluding hydrogens is 386 g/mol. The van der Waals surface area contributed by atoms with Gasteiger partial charge in [0.2, 0.25) is 5.91 Å². The van der Waals surface area contributed by atoms with Crippen molar-refractivity contribution in [2.45, 2.75) is 58.3 Å². The number of carbonyl (C=O) groups is 1. The van der Waals surface area contributed by atoms with Crippen molar-refractivity contribution >= 4 is 32.6 Å². The maximum atomic E-state index is 13.6. The van der Waals surface area contributed by atoms with Crippen molar-refractivity contribution in [3.8, 4) is 0 Å². The van der Waals surface area contributed by atoms with Gasteiger partial charge >= 0.3 is 0 Å². The van der Waals surface area contributed by atoms with E-state index in [1.807, 2.05) is 19.1 Å². The van der Waals surface area contributed by atoms with Crippen LogP contribution in [0.2, 0.25) is 0 Å². The minimum Gasteiger partial charge on any atom is -0.461 e. The third-order valence-electron chi connectivity index (χ3n) is 5.56. The van der Waals surface area contributed by atoms with Crippen LogP contribution in [0.3, 0.4) is 0 Å². The Hall–Kier alpha value is -2.60. The molecule has 1 aliphatic rings. The Morgan fingerprint density at radius 3 is 2.31 bits per heavy atom. The standard InChI is InChI=1S/C23H25NO4S/c1-14-11-15(2)23(16(3)12-14)29(26,27)24(17(4)25)18-9-10-22-20(13-18)19-7-5-6-8-21(19)28-22/h9-13H,5-8H2,1-4H3. The molecule has 0 N–H and O–H groups in total. The van der Waals surface area contributed by atoms with E-state index in [2.05, 4.69) is 0 Å². The molecule has 0 unspecified atom stereocenters. The summed E-state index contributed by atoms with van der Waals surface area (Å²) in [6, 6.07) is 8.85. The lowest BCUT2D eigenvalue weighted by Crippen LogP contribution is -2.36. The molecule has 5 nitrogen and oxygen atoms in total. The van der Waals surface area contributed by atoms with Crippen LogP contribution in [0.1, 0.15) is 47.8 Å². The molecule has 29 heavy (non-hydrogen) atoms. The molecule has 1 aromatic heterocycles. The van der Waals surface area contributed by atoms with Crippen LogP contribution in [-0.4, -0.2) is 14.3 Å². The second kappa shape index (κ2) is 7.02. The van der Waals surface area contributed by atoms with Gasteiger partial charge in [0.15, 0.2) is 0 Å². The number of amides is 1. The van der Waals surface area contributed by atoms with E-state index in [9.17, 15) is 13.2 Å². The van der Waals surface area contributed by atoms with Gasteiger partial charge in [0, 0.05) is 24.3 Å². The van der Waals surface area contributed by atoms with Crippen LogP contribution in [0.4, 0.5) is 5.69 Å². The van der Waals surface area contributed by atoms with E-state index >= 15 is 0 Å². The van der Waals surface area contributed by atoms with Gasteiger partial charge in [-0.3, -0.25) is 4.79 Å². The first-order valence-corrected chi connectivity index (χ1v) is 11.3. The van der Waals surface area contributed by atoms with E-state index in [0.29, 0.717) is 16.8 Å². The van der Waals surface area contributed by atoms with E-state index in [4.69, 9.17) is 4.42 Å². The lowest BCUT2D eigenvalue weighted by Gasteiger charge is -2.23. The molecule has 0 saturated carbocycles. The Morgan fingerprint density at radius 1 is 1.00 bits per heavy atom. The van der Waals surface area contributed by atoms with Gasteiger partial charge in [0.1, 0.15) is 11.3 Å². The van der Waals surface area contributed by atoms with Crippen LogP contribution >= 0.6 is 0 Å². The molecule has 1 amide bonds. The lowest BCUT2D eigenvalue weighted by molar-refractivity contribution is -0.115. The molecule has 0 spiro atoms. The predicted octanol–water partition coefficient (Wildman–Crippen LogP) is 4.98. The average Bonchev–Trinajstić information content (AvgIpc) is 2.98. The molecule has 3 aromatic rings. The zero-order chi connectivity index (χ0) is 20.9. The SMILES string of the molecule is CC(=O)N(c1ccc2oc3c(c2c1)CCCC3)S(=O)(=O)c1c(C)cc(C)cc1C. The van der Waals surface area contributed by atoms with Crippen LogP contribution < -0.4 is 4.31 Å². The average molecular weight is 412 g/mol. The fraction of sp³-hybridized carbons (Fsp3) is 0.348. The van der Waals surface area contributed by atoms with E-state index in [1.54, 1.807) is 32.0 Å². The van der Waals surface area contributed by atoms with E-state index in [-0.39, 0.29) is 4.90 Å². The fourth-order valence-electron chi connectivity index (χ4n) is 4.53. The Labute approximate surface area is 171 Å².